The second-order valence-electron chi connectivity index (χ2n) is 16.7. The fourth-order valence-electron chi connectivity index (χ4n) is 6.51. The first-order chi connectivity index (χ1) is 32.0. The van der Waals surface area contributed by atoms with Gasteiger partial charge in [-0.05, 0) is 128 Å². The maximum absolute atomic E-state index is 12.8. The van der Waals surface area contributed by atoms with Crippen LogP contribution in [0.2, 0.25) is 0 Å². The Kier molecular flexibility index (Phi) is 49.1. The van der Waals surface area contributed by atoms with Crippen molar-refractivity contribution in [3.8, 4) is 0 Å². The van der Waals surface area contributed by atoms with Gasteiger partial charge in [-0.15, -0.1) is 0 Å². The molecule has 1 atom stereocenters. The van der Waals surface area contributed by atoms with Crippen molar-refractivity contribution in [2.45, 2.75) is 219 Å². The maximum atomic E-state index is 12.8. The summed E-state index contributed by atoms with van der Waals surface area (Å²) >= 11 is 0. The SMILES string of the molecule is CC/C=C\C/C=C\C/C=C\C/C=C\CCCCC(=O)O[C@@H](COC(=O)CCC/C=C\C/C=C\C/C=C\CCCCCCCC)COC(=O)CCCC/C=C\C/C=C\C/C=C\CCCCC. The Morgan fingerprint density at radius 1 is 0.323 bits per heavy atom. The van der Waals surface area contributed by atoms with Crippen molar-refractivity contribution in [3.05, 3.63) is 122 Å². The molecular weight excluding hydrogens is 805 g/mol. The van der Waals surface area contributed by atoms with Gasteiger partial charge in [0.2, 0.25) is 0 Å². The van der Waals surface area contributed by atoms with Crippen LogP contribution in [0, 0.1) is 0 Å². The summed E-state index contributed by atoms with van der Waals surface area (Å²) in [6, 6.07) is 0. The van der Waals surface area contributed by atoms with E-state index in [-0.39, 0.29) is 50.4 Å². The van der Waals surface area contributed by atoms with Gasteiger partial charge in [-0.2, -0.15) is 0 Å². The lowest BCUT2D eigenvalue weighted by molar-refractivity contribution is -0.167. The third-order valence-corrected chi connectivity index (χ3v) is 10.4. The van der Waals surface area contributed by atoms with Crippen LogP contribution in [-0.2, 0) is 28.6 Å². The van der Waals surface area contributed by atoms with Crippen molar-refractivity contribution in [1.29, 1.82) is 0 Å². The molecule has 6 heteroatoms. The molecule has 0 aromatic rings. The van der Waals surface area contributed by atoms with Crippen LogP contribution in [0.3, 0.4) is 0 Å². The number of esters is 3. The van der Waals surface area contributed by atoms with Gasteiger partial charge in [0.1, 0.15) is 13.2 Å². The fourth-order valence-corrected chi connectivity index (χ4v) is 6.51. The van der Waals surface area contributed by atoms with Crippen LogP contribution in [-0.4, -0.2) is 37.2 Å². The summed E-state index contributed by atoms with van der Waals surface area (Å²) in [5, 5.41) is 0. The number of rotatable bonds is 45. The van der Waals surface area contributed by atoms with E-state index in [0.717, 1.165) is 83.5 Å². The first-order valence-electron chi connectivity index (χ1n) is 26.0. The molecule has 65 heavy (non-hydrogen) atoms. The Balaban J connectivity index is 4.61. The van der Waals surface area contributed by atoms with Gasteiger partial charge in [0.25, 0.3) is 0 Å². The number of allylic oxidation sites excluding steroid dienone is 20. The lowest BCUT2D eigenvalue weighted by Crippen LogP contribution is -2.30. The standard InChI is InChI=1S/C59H94O6/c1-4-7-10-13-16-19-22-25-28-29-32-34-37-40-43-46-49-52-58(61)64-55-56(65-59(62)53-50-47-44-41-38-35-31-27-24-21-18-15-12-9-6-3)54-63-57(60)51-48-45-42-39-36-33-30-26-23-20-17-14-11-8-5-2/h9,12,17-18,20-21,25-28,30-32,34,36,38-41,43,56H,4-8,10-11,13-16,19,22-24,29,33,35,37,42,44-55H2,1-3H3/b12-9-,20-17-,21-18-,28-25-,30-26-,31-27-,34-32-,39-36-,41-38-,43-40-/t56-/m1/s1. The van der Waals surface area contributed by atoms with E-state index in [4.69, 9.17) is 14.2 Å². The summed E-state index contributed by atoms with van der Waals surface area (Å²) in [4.78, 5) is 38.0. The molecule has 6 nitrogen and oxygen atoms in total. The molecule has 0 aliphatic heterocycles. The summed E-state index contributed by atoms with van der Waals surface area (Å²) in [5.41, 5.74) is 0. The zero-order valence-corrected chi connectivity index (χ0v) is 41.7. The van der Waals surface area contributed by atoms with E-state index in [1.54, 1.807) is 0 Å². The number of carbonyl (C=O) groups is 3. The van der Waals surface area contributed by atoms with Crippen LogP contribution in [0.25, 0.3) is 0 Å². The average Bonchev–Trinajstić information content (AvgIpc) is 3.30. The van der Waals surface area contributed by atoms with E-state index in [9.17, 15) is 14.4 Å². The van der Waals surface area contributed by atoms with E-state index in [1.807, 2.05) is 0 Å². The van der Waals surface area contributed by atoms with Gasteiger partial charge in [-0.25, -0.2) is 0 Å². The van der Waals surface area contributed by atoms with E-state index >= 15 is 0 Å². The number of ether oxygens (including phenoxy) is 3. The van der Waals surface area contributed by atoms with Crippen LogP contribution in [0.4, 0.5) is 0 Å². The predicted molar refractivity (Wildman–Crippen MR) is 279 cm³/mol. The summed E-state index contributed by atoms with van der Waals surface area (Å²) in [6.07, 6.45) is 71.9. The molecule has 0 aliphatic rings. The highest BCUT2D eigenvalue weighted by Crippen LogP contribution is 2.11. The summed E-state index contributed by atoms with van der Waals surface area (Å²) in [7, 11) is 0. The van der Waals surface area contributed by atoms with Crippen LogP contribution in [0.1, 0.15) is 213 Å². The minimum Gasteiger partial charge on any atom is -0.462 e. The highest BCUT2D eigenvalue weighted by atomic mass is 16.6. The highest BCUT2D eigenvalue weighted by molar-refractivity contribution is 5.71. The van der Waals surface area contributed by atoms with Gasteiger partial charge in [-0.1, -0.05) is 187 Å². The van der Waals surface area contributed by atoms with Crippen molar-refractivity contribution in [2.75, 3.05) is 13.2 Å². The Morgan fingerprint density at radius 3 is 1.03 bits per heavy atom. The Hall–Kier alpha value is -4.19. The highest BCUT2D eigenvalue weighted by Gasteiger charge is 2.19. The minimum atomic E-state index is -0.839. The second-order valence-corrected chi connectivity index (χ2v) is 16.7. The summed E-state index contributed by atoms with van der Waals surface area (Å²) in [5.74, 6) is -1.07. The maximum Gasteiger partial charge on any atom is 0.306 e. The third-order valence-electron chi connectivity index (χ3n) is 10.4. The molecule has 0 N–H and O–H groups in total. The molecule has 0 spiro atoms. The lowest BCUT2D eigenvalue weighted by atomic mass is 10.1. The van der Waals surface area contributed by atoms with Crippen LogP contribution < -0.4 is 0 Å². The molecule has 0 aliphatic carbocycles. The van der Waals surface area contributed by atoms with Gasteiger partial charge in [0, 0.05) is 19.3 Å². The molecule has 0 saturated carbocycles. The van der Waals surface area contributed by atoms with E-state index in [0.29, 0.717) is 19.3 Å². The topological polar surface area (TPSA) is 78.9 Å². The molecule has 0 unspecified atom stereocenters. The van der Waals surface area contributed by atoms with Gasteiger partial charge in [0.15, 0.2) is 6.10 Å². The molecule has 0 amide bonds. The third kappa shape index (κ3) is 50.7. The quantitative estimate of drug-likeness (QED) is 0.0262. The number of hydrogen-bond donors (Lipinski definition) is 0. The molecule has 0 fully saturated rings. The first kappa shape index (κ1) is 60.8. The molecule has 0 rings (SSSR count). The van der Waals surface area contributed by atoms with E-state index in [1.165, 1.54) is 70.6 Å². The monoisotopic (exact) mass is 899 g/mol. The molecule has 0 aromatic carbocycles. The summed E-state index contributed by atoms with van der Waals surface area (Å²) < 4.78 is 16.7. The first-order valence-corrected chi connectivity index (χ1v) is 26.0. The van der Waals surface area contributed by atoms with Crippen molar-refractivity contribution in [3.63, 3.8) is 0 Å². The molecule has 0 bridgehead atoms. The van der Waals surface area contributed by atoms with Crippen molar-refractivity contribution < 1.29 is 28.6 Å². The lowest BCUT2D eigenvalue weighted by Gasteiger charge is -2.18. The molecule has 0 aromatic heterocycles. The molecule has 0 radical (unpaired) electrons. The second kappa shape index (κ2) is 52.4. The minimum absolute atomic E-state index is 0.134. The van der Waals surface area contributed by atoms with E-state index in [2.05, 4.69) is 142 Å². The smallest absolute Gasteiger partial charge is 0.306 e. The Morgan fingerprint density at radius 2 is 0.615 bits per heavy atom. The van der Waals surface area contributed by atoms with Crippen LogP contribution >= 0.6 is 0 Å². The average molecular weight is 899 g/mol. The van der Waals surface area contributed by atoms with Gasteiger partial charge < -0.3 is 14.2 Å². The van der Waals surface area contributed by atoms with Crippen LogP contribution in [0.15, 0.2) is 122 Å². The fraction of sp³-hybridized carbons (Fsp3) is 0.610. The number of unbranched alkanes of at least 4 members (excludes halogenated alkanes) is 14. The Bertz CT molecular complexity index is 1400. The van der Waals surface area contributed by atoms with Crippen LogP contribution in [0.5, 0.6) is 0 Å². The number of hydrogen-bond acceptors (Lipinski definition) is 6. The van der Waals surface area contributed by atoms with Crippen molar-refractivity contribution in [2.24, 2.45) is 0 Å². The van der Waals surface area contributed by atoms with Gasteiger partial charge in [-0.3, -0.25) is 14.4 Å². The molecule has 366 valence electrons. The summed E-state index contributed by atoms with van der Waals surface area (Å²) in [6.45, 7) is 6.35. The van der Waals surface area contributed by atoms with Gasteiger partial charge in [0.05, 0.1) is 0 Å². The van der Waals surface area contributed by atoms with Crippen molar-refractivity contribution >= 4 is 17.9 Å². The normalized spacial score (nSPS) is 13.1. The molecule has 0 heterocycles. The number of carbonyl (C=O) groups excluding carboxylic acids is 3. The molecular formula is C59H94O6. The largest absolute Gasteiger partial charge is 0.462 e. The van der Waals surface area contributed by atoms with E-state index < -0.39 is 6.10 Å². The molecule has 0 saturated heterocycles. The zero-order valence-electron chi connectivity index (χ0n) is 41.7. The predicted octanol–water partition coefficient (Wildman–Crippen LogP) is 17.3. The van der Waals surface area contributed by atoms with Crippen molar-refractivity contribution in [1.82, 2.24) is 0 Å². The van der Waals surface area contributed by atoms with Gasteiger partial charge >= 0.3 is 17.9 Å². The zero-order chi connectivity index (χ0) is 47.2. The Labute approximate surface area is 399 Å².